The van der Waals surface area contributed by atoms with E-state index in [1.54, 1.807) is 0 Å². The van der Waals surface area contributed by atoms with Crippen molar-refractivity contribution in [3.05, 3.63) is 18.2 Å². The molecule has 0 atom stereocenters. The molecule has 1 aliphatic rings. The molecule has 0 amide bonds. The van der Waals surface area contributed by atoms with Crippen LogP contribution in [0.1, 0.15) is 6.92 Å². The van der Waals surface area contributed by atoms with Crippen molar-refractivity contribution in [2.24, 2.45) is 5.10 Å². The lowest BCUT2D eigenvalue weighted by Crippen LogP contribution is -2.20. The fourth-order valence-corrected chi connectivity index (χ4v) is 2.91. The largest absolute Gasteiger partial charge is 0.296 e. The van der Waals surface area contributed by atoms with Crippen LogP contribution in [0.25, 0.3) is 0 Å². The van der Waals surface area contributed by atoms with E-state index in [9.17, 15) is 21.6 Å². The predicted molar refractivity (Wildman–Crippen MR) is 71.5 cm³/mol. The van der Waals surface area contributed by atoms with Crippen LogP contribution < -0.4 is 5.01 Å². The van der Waals surface area contributed by atoms with Gasteiger partial charge >= 0.3 is 0 Å². The molecule has 1 aromatic rings. The summed E-state index contributed by atoms with van der Waals surface area (Å²) in [7, 11) is -9.25. The molecule has 0 aromatic heterocycles. The first kappa shape index (κ1) is 15.6. The molecule has 0 saturated heterocycles. The third-order valence-electron chi connectivity index (χ3n) is 2.75. The maximum atomic E-state index is 11.4. The molecule has 21 heavy (non-hydrogen) atoms. The number of Topliss-reactive ketones (excluding diaryl/α,β-unsaturated/α-hetero) is 1. The average Bonchev–Trinajstić information content (AvgIpc) is 2.66. The van der Waals surface area contributed by atoms with Gasteiger partial charge in [0.25, 0.3) is 20.2 Å². The number of hydrogen-bond donors (Lipinski definition) is 2. The summed E-state index contributed by atoms with van der Waals surface area (Å²) >= 11 is 0. The van der Waals surface area contributed by atoms with Gasteiger partial charge in [-0.2, -0.15) is 21.9 Å². The summed E-state index contributed by atoms with van der Waals surface area (Å²) in [4.78, 5) is 10.2. The molecule has 2 N–H and O–H groups in total. The Morgan fingerprint density at radius 3 is 2.19 bits per heavy atom. The molecule has 11 heteroatoms. The second-order valence-corrected chi connectivity index (χ2v) is 7.06. The number of carbonyl (C=O) groups excluding carboxylic acids is 1. The normalized spacial score (nSPS) is 16.2. The highest BCUT2D eigenvalue weighted by Crippen LogP contribution is 2.30. The molecule has 0 aliphatic carbocycles. The molecular formula is C10H10N2O7S2. The Morgan fingerprint density at radius 2 is 1.76 bits per heavy atom. The zero-order valence-electron chi connectivity index (χ0n) is 10.6. The number of benzene rings is 1. The van der Waals surface area contributed by atoms with Crippen LogP contribution in [0.3, 0.4) is 0 Å². The molecule has 1 aliphatic heterocycles. The summed E-state index contributed by atoms with van der Waals surface area (Å²) < 4.78 is 63.0. The molecule has 1 heterocycles. The number of nitrogens with zero attached hydrogens (tertiary/aromatic N) is 2. The zero-order chi connectivity index (χ0) is 16.0. The Morgan fingerprint density at radius 1 is 1.14 bits per heavy atom. The SMILES string of the molecule is CC1=NN(c2cc(S(=O)(=O)O)ccc2S(=O)(=O)O)CC1=O. The minimum absolute atomic E-state index is 0.105. The Labute approximate surface area is 120 Å². The van der Waals surface area contributed by atoms with Gasteiger partial charge in [0.2, 0.25) is 0 Å². The maximum Gasteiger partial charge on any atom is 0.296 e. The topological polar surface area (TPSA) is 141 Å². The number of hydrazone groups is 1. The van der Waals surface area contributed by atoms with Gasteiger partial charge in [-0.3, -0.25) is 18.9 Å². The minimum atomic E-state index is -4.67. The highest BCUT2D eigenvalue weighted by Gasteiger charge is 2.28. The Kier molecular flexibility index (Phi) is 3.61. The number of carbonyl (C=O) groups is 1. The van der Waals surface area contributed by atoms with Gasteiger partial charge in [-0.25, -0.2) is 0 Å². The number of hydrogen-bond acceptors (Lipinski definition) is 7. The Hall–Kier alpha value is -1.82. The van der Waals surface area contributed by atoms with Crippen molar-refractivity contribution in [2.45, 2.75) is 16.7 Å². The smallest absolute Gasteiger partial charge is 0.291 e. The number of rotatable bonds is 3. The van der Waals surface area contributed by atoms with Crippen molar-refractivity contribution in [2.75, 3.05) is 11.6 Å². The second kappa shape index (κ2) is 4.87. The van der Waals surface area contributed by atoms with Crippen molar-refractivity contribution in [3.8, 4) is 0 Å². The van der Waals surface area contributed by atoms with E-state index in [1.807, 2.05) is 0 Å². The third-order valence-corrected chi connectivity index (χ3v) is 4.50. The molecule has 0 radical (unpaired) electrons. The van der Waals surface area contributed by atoms with Gasteiger partial charge in [-0.1, -0.05) is 0 Å². The summed E-state index contributed by atoms with van der Waals surface area (Å²) in [5.74, 6) is -0.381. The quantitative estimate of drug-likeness (QED) is 0.732. The average molecular weight is 334 g/mol. The summed E-state index contributed by atoms with van der Waals surface area (Å²) in [6.07, 6.45) is 0. The second-order valence-electron chi connectivity index (χ2n) is 4.25. The van der Waals surface area contributed by atoms with E-state index in [2.05, 4.69) is 5.10 Å². The molecule has 0 fully saturated rings. The van der Waals surface area contributed by atoms with Crippen LogP contribution >= 0.6 is 0 Å². The highest BCUT2D eigenvalue weighted by atomic mass is 32.2. The van der Waals surface area contributed by atoms with Crippen LogP contribution in [0.5, 0.6) is 0 Å². The van der Waals surface area contributed by atoms with Gasteiger partial charge in [0.15, 0.2) is 5.78 Å². The van der Waals surface area contributed by atoms with Gasteiger partial charge in [0, 0.05) is 0 Å². The zero-order valence-corrected chi connectivity index (χ0v) is 12.2. The minimum Gasteiger partial charge on any atom is -0.291 e. The van der Waals surface area contributed by atoms with Gasteiger partial charge in [-0.05, 0) is 25.1 Å². The van der Waals surface area contributed by atoms with Crippen molar-refractivity contribution in [3.63, 3.8) is 0 Å². The van der Waals surface area contributed by atoms with E-state index in [0.29, 0.717) is 0 Å². The van der Waals surface area contributed by atoms with E-state index in [4.69, 9.17) is 9.11 Å². The fraction of sp³-hybridized carbons (Fsp3) is 0.200. The predicted octanol–water partition coefficient (Wildman–Crippen LogP) is -0.0550. The Balaban J connectivity index is 2.69. The van der Waals surface area contributed by atoms with E-state index < -0.39 is 30.0 Å². The van der Waals surface area contributed by atoms with Crippen LogP contribution in [0.15, 0.2) is 33.1 Å². The molecule has 0 spiro atoms. The lowest BCUT2D eigenvalue weighted by molar-refractivity contribution is -0.111. The van der Waals surface area contributed by atoms with Gasteiger partial charge in [0.1, 0.15) is 17.2 Å². The van der Waals surface area contributed by atoms with Gasteiger partial charge in [-0.15, -0.1) is 0 Å². The van der Waals surface area contributed by atoms with Gasteiger partial charge < -0.3 is 0 Å². The first-order valence-electron chi connectivity index (χ1n) is 5.45. The molecule has 114 valence electrons. The van der Waals surface area contributed by atoms with Crippen molar-refractivity contribution < 1.29 is 30.7 Å². The van der Waals surface area contributed by atoms with Gasteiger partial charge in [0.05, 0.1) is 10.6 Å². The monoisotopic (exact) mass is 334 g/mol. The van der Waals surface area contributed by atoms with E-state index in [-0.39, 0.29) is 23.7 Å². The van der Waals surface area contributed by atoms with Crippen LogP contribution in [0.2, 0.25) is 0 Å². The lowest BCUT2D eigenvalue weighted by atomic mass is 10.2. The standard InChI is InChI=1S/C10H10N2O7S2/c1-6-9(13)5-12(11-6)8-4-7(20(14,15)16)2-3-10(8)21(17,18)19/h2-4H,5H2,1H3,(H,14,15,16)(H,17,18,19). The molecular weight excluding hydrogens is 324 g/mol. The van der Waals surface area contributed by atoms with E-state index >= 15 is 0 Å². The molecule has 2 rings (SSSR count). The van der Waals surface area contributed by atoms with Crippen molar-refractivity contribution in [1.29, 1.82) is 0 Å². The van der Waals surface area contributed by atoms with Crippen LogP contribution in [-0.2, 0) is 25.0 Å². The molecule has 0 saturated carbocycles. The summed E-state index contributed by atoms with van der Waals surface area (Å²) in [6, 6.07) is 2.44. The third kappa shape index (κ3) is 3.10. The maximum absolute atomic E-state index is 11.4. The lowest BCUT2D eigenvalue weighted by Gasteiger charge is -2.16. The molecule has 0 bridgehead atoms. The molecule has 0 unspecified atom stereocenters. The number of ketones is 1. The van der Waals surface area contributed by atoms with Crippen LogP contribution in [0, 0.1) is 0 Å². The fourth-order valence-electron chi connectivity index (χ4n) is 1.74. The number of anilines is 1. The molecule has 1 aromatic carbocycles. The molecule has 9 nitrogen and oxygen atoms in total. The van der Waals surface area contributed by atoms with Crippen molar-refractivity contribution in [1.82, 2.24) is 0 Å². The van der Waals surface area contributed by atoms with Crippen LogP contribution in [0.4, 0.5) is 5.69 Å². The van der Waals surface area contributed by atoms with Crippen LogP contribution in [-0.4, -0.2) is 44.0 Å². The summed E-state index contributed by atoms with van der Waals surface area (Å²) in [5, 5.41) is 4.73. The first-order chi connectivity index (χ1) is 9.50. The highest BCUT2D eigenvalue weighted by molar-refractivity contribution is 7.86. The summed E-state index contributed by atoms with van der Waals surface area (Å²) in [5.41, 5.74) is -0.216. The first-order valence-corrected chi connectivity index (χ1v) is 8.33. The van der Waals surface area contributed by atoms with E-state index in [1.165, 1.54) is 6.92 Å². The Bertz CT molecular complexity index is 855. The van der Waals surface area contributed by atoms with Crippen molar-refractivity contribution >= 4 is 37.4 Å². The summed E-state index contributed by atoms with van der Waals surface area (Å²) in [6.45, 7) is 1.10. The van der Waals surface area contributed by atoms with E-state index in [0.717, 1.165) is 23.2 Å².